The molecular weight excluding hydrogens is 324 g/mol. The first kappa shape index (κ1) is 12.6. The van der Waals surface area contributed by atoms with E-state index in [1.54, 1.807) is 0 Å². The number of nitrogens with zero attached hydrogens (tertiary/aromatic N) is 3. The summed E-state index contributed by atoms with van der Waals surface area (Å²) in [5.41, 5.74) is 8.84. The lowest BCUT2D eigenvalue weighted by atomic mass is 10.3. The van der Waals surface area contributed by atoms with Gasteiger partial charge in [-0.2, -0.15) is 0 Å². The van der Waals surface area contributed by atoms with Gasteiger partial charge in [-0.1, -0.05) is 27.3 Å². The van der Waals surface area contributed by atoms with Crippen molar-refractivity contribution in [3.8, 4) is 10.7 Å². The van der Waals surface area contributed by atoms with Gasteiger partial charge in [0.15, 0.2) is 11.0 Å². The Balaban J connectivity index is 2.31. The van der Waals surface area contributed by atoms with E-state index in [-0.39, 0.29) is 0 Å². The normalized spacial score (nSPS) is 11.3. The molecule has 0 spiro atoms. The number of thiazole rings is 1. The molecular formula is C13H13BrN4S. The average Bonchev–Trinajstić information content (AvgIpc) is 2.88. The zero-order valence-corrected chi connectivity index (χ0v) is 13.0. The molecule has 0 aliphatic carbocycles. The highest BCUT2D eigenvalue weighted by Gasteiger charge is 2.16. The minimum absolute atomic E-state index is 0.586. The van der Waals surface area contributed by atoms with Gasteiger partial charge in [0.25, 0.3) is 0 Å². The van der Waals surface area contributed by atoms with Crippen molar-refractivity contribution in [2.45, 2.75) is 20.4 Å². The molecule has 3 rings (SSSR count). The summed E-state index contributed by atoms with van der Waals surface area (Å²) in [6.07, 6.45) is 0. The summed E-state index contributed by atoms with van der Waals surface area (Å²) in [6, 6.07) is 6.15. The highest BCUT2D eigenvalue weighted by molar-refractivity contribution is 9.10. The quantitative estimate of drug-likeness (QED) is 0.773. The molecule has 2 heterocycles. The molecule has 0 aliphatic rings. The molecule has 0 aliphatic heterocycles. The van der Waals surface area contributed by atoms with Crippen molar-refractivity contribution in [3.63, 3.8) is 0 Å². The summed E-state index contributed by atoms with van der Waals surface area (Å²) in [7, 11) is 0. The van der Waals surface area contributed by atoms with E-state index in [0.29, 0.717) is 5.13 Å². The number of nitrogen functional groups attached to an aromatic ring is 1. The van der Waals surface area contributed by atoms with Crippen molar-refractivity contribution < 1.29 is 0 Å². The number of hydrogen-bond donors (Lipinski definition) is 1. The first-order valence-electron chi connectivity index (χ1n) is 5.99. The largest absolute Gasteiger partial charge is 0.375 e. The number of benzene rings is 1. The zero-order chi connectivity index (χ0) is 13.6. The lowest BCUT2D eigenvalue weighted by molar-refractivity contribution is 0.797. The minimum Gasteiger partial charge on any atom is -0.375 e. The Morgan fingerprint density at radius 3 is 2.79 bits per heavy atom. The predicted molar refractivity (Wildman–Crippen MR) is 83.4 cm³/mol. The topological polar surface area (TPSA) is 56.7 Å². The predicted octanol–water partition coefficient (Wildman–Crippen LogP) is 3.83. The van der Waals surface area contributed by atoms with Gasteiger partial charge in [-0.25, -0.2) is 9.97 Å². The Hall–Kier alpha value is -1.40. The summed E-state index contributed by atoms with van der Waals surface area (Å²) < 4.78 is 3.23. The summed E-state index contributed by atoms with van der Waals surface area (Å²) in [6.45, 7) is 4.95. The minimum atomic E-state index is 0.586. The lowest BCUT2D eigenvalue weighted by Crippen LogP contribution is -1.97. The lowest BCUT2D eigenvalue weighted by Gasteiger charge is -2.04. The van der Waals surface area contributed by atoms with Gasteiger partial charge >= 0.3 is 0 Å². The number of rotatable bonds is 2. The van der Waals surface area contributed by atoms with Crippen molar-refractivity contribution in [1.29, 1.82) is 0 Å². The van der Waals surface area contributed by atoms with Crippen LogP contribution in [0.4, 0.5) is 5.13 Å². The zero-order valence-electron chi connectivity index (χ0n) is 10.6. The van der Waals surface area contributed by atoms with Crippen LogP contribution in [0.1, 0.15) is 12.6 Å². The summed E-state index contributed by atoms with van der Waals surface area (Å²) >= 11 is 4.97. The van der Waals surface area contributed by atoms with E-state index in [1.165, 1.54) is 11.3 Å². The molecule has 1 aromatic carbocycles. The molecule has 0 amide bonds. The molecule has 0 radical (unpaired) electrons. The highest BCUT2D eigenvalue weighted by atomic mass is 79.9. The van der Waals surface area contributed by atoms with Crippen LogP contribution < -0.4 is 5.73 Å². The molecule has 0 saturated carbocycles. The molecule has 0 bridgehead atoms. The van der Waals surface area contributed by atoms with Gasteiger partial charge < -0.3 is 10.3 Å². The maximum absolute atomic E-state index is 5.79. The van der Waals surface area contributed by atoms with Crippen molar-refractivity contribution in [2.24, 2.45) is 0 Å². The fraction of sp³-hybridized carbons (Fsp3) is 0.231. The third-order valence-corrected chi connectivity index (χ3v) is 4.52. The molecule has 4 nitrogen and oxygen atoms in total. The van der Waals surface area contributed by atoms with Crippen molar-refractivity contribution in [2.75, 3.05) is 5.73 Å². The molecule has 6 heteroatoms. The van der Waals surface area contributed by atoms with Crippen molar-refractivity contribution >= 4 is 43.4 Å². The van der Waals surface area contributed by atoms with Crippen LogP contribution in [0, 0.1) is 6.92 Å². The van der Waals surface area contributed by atoms with E-state index in [2.05, 4.69) is 38.5 Å². The van der Waals surface area contributed by atoms with E-state index < -0.39 is 0 Å². The summed E-state index contributed by atoms with van der Waals surface area (Å²) in [5.74, 6) is 0.947. The molecule has 2 aromatic heterocycles. The van der Waals surface area contributed by atoms with E-state index in [9.17, 15) is 0 Å². The van der Waals surface area contributed by atoms with Crippen LogP contribution in [0.5, 0.6) is 0 Å². The summed E-state index contributed by atoms with van der Waals surface area (Å²) in [4.78, 5) is 10.1. The number of aromatic nitrogens is 3. The Morgan fingerprint density at radius 1 is 1.37 bits per heavy atom. The molecule has 0 saturated heterocycles. The third kappa shape index (κ3) is 2.04. The maximum Gasteiger partial charge on any atom is 0.180 e. The van der Waals surface area contributed by atoms with Gasteiger partial charge in [-0.05, 0) is 32.0 Å². The number of imidazole rings is 1. The molecule has 98 valence electrons. The van der Waals surface area contributed by atoms with E-state index in [0.717, 1.165) is 38.4 Å². The Bertz CT molecular complexity index is 759. The van der Waals surface area contributed by atoms with Crippen molar-refractivity contribution in [1.82, 2.24) is 14.5 Å². The molecule has 0 unspecified atom stereocenters. The van der Waals surface area contributed by atoms with Gasteiger partial charge in [0, 0.05) is 11.0 Å². The number of fused-ring (bicyclic) bond motifs is 1. The Morgan fingerprint density at radius 2 is 2.16 bits per heavy atom. The smallest absolute Gasteiger partial charge is 0.180 e. The standard InChI is InChI=1S/C13H13BrN4S/c1-3-18-10-5-4-8(14)6-9(10)17-12(18)11-7(2)16-13(15)19-11/h4-6H,3H2,1-2H3,(H2,15,16). The van der Waals surface area contributed by atoms with Crippen LogP contribution in [0.3, 0.4) is 0 Å². The monoisotopic (exact) mass is 336 g/mol. The van der Waals surface area contributed by atoms with Gasteiger partial charge in [0.1, 0.15) is 0 Å². The van der Waals surface area contributed by atoms with E-state index >= 15 is 0 Å². The SMILES string of the molecule is CCn1c(-c2sc(N)nc2C)nc2cc(Br)ccc21. The Labute approximate surface area is 123 Å². The van der Waals surface area contributed by atoms with Gasteiger partial charge in [0.05, 0.1) is 21.6 Å². The number of anilines is 1. The van der Waals surface area contributed by atoms with Crippen molar-refractivity contribution in [3.05, 3.63) is 28.4 Å². The van der Waals surface area contributed by atoms with Gasteiger partial charge in [0.2, 0.25) is 0 Å². The summed E-state index contributed by atoms with van der Waals surface area (Å²) in [5, 5.41) is 0.586. The first-order valence-corrected chi connectivity index (χ1v) is 7.60. The van der Waals surface area contributed by atoms with Crippen LogP contribution >= 0.6 is 27.3 Å². The number of nitrogens with two attached hydrogens (primary N) is 1. The van der Waals surface area contributed by atoms with Crippen LogP contribution in [-0.4, -0.2) is 14.5 Å². The Kier molecular flexibility index (Phi) is 3.06. The molecule has 3 aromatic rings. The van der Waals surface area contributed by atoms with Crippen LogP contribution in [-0.2, 0) is 6.54 Å². The first-order chi connectivity index (χ1) is 9.10. The van der Waals surface area contributed by atoms with Crippen LogP contribution in [0.2, 0.25) is 0 Å². The van der Waals surface area contributed by atoms with Gasteiger partial charge in [-0.15, -0.1) is 0 Å². The fourth-order valence-electron chi connectivity index (χ4n) is 2.22. The van der Waals surface area contributed by atoms with E-state index in [4.69, 9.17) is 10.7 Å². The van der Waals surface area contributed by atoms with Crippen LogP contribution in [0.25, 0.3) is 21.7 Å². The molecule has 2 N–H and O–H groups in total. The van der Waals surface area contributed by atoms with E-state index in [1.807, 2.05) is 19.1 Å². The second-order valence-electron chi connectivity index (χ2n) is 4.28. The average molecular weight is 337 g/mol. The molecule has 0 fully saturated rings. The maximum atomic E-state index is 5.79. The van der Waals surface area contributed by atoms with Gasteiger partial charge in [-0.3, -0.25) is 0 Å². The third-order valence-electron chi connectivity index (χ3n) is 3.04. The second kappa shape index (κ2) is 4.61. The molecule has 0 atom stereocenters. The highest BCUT2D eigenvalue weighted by Crippen LogP contribution is 2.33. The number of halogens is 1. The second-order valence-corrected chi connectivity index (χ2v) is 6.23. The van der Waals surface area contributed by atoms with Crippen LogP contribution in [0.15, 0.2) is 22.7 Å². The number of aryl methyl sites for hydroxylation is 2. The number of hydrogen-bond acceptors (Lipinski definition) is 4. The fourth-order valence-corrected chi connectivity index (χ4v) is 3.40. The molecule has 19 heavy (non-hydrogen) atoms.